The standard InChI is InChI=1S/C19H18O3/c1-3-18(20)16-9-11-17(12-10-16)22-19(21)13-8-15-6-4-14(2)5-7-15/h4-13H,3H2,1-2H3. The molecule has 0 saturated heterocycles. The molecule has 112 valence electrons. The lowest BCUT2D eigenvalue weighted by Crippen LogP contribution is -2.04. The minimum Gasteiger partial charge on any atom is -0.423 e. The van der Waals surface area contributed by atoms with E-state index in [0.717, 1.165) is 5.56 Å². The number of carbonyl (C=O) groups is 2. The van der Waals surface area contributed by atoms with E-state index in [2.05, 4.69) is 0 Å². The molecule has 2 aromatic carbocycles. The number of hydrogen-bond donors (Lipinski definition) is 0. The molecule has 0 bridgehead atoms. The second-order valence-electron chi connectivity index (χ2n) is 4.97. The van der Waals surface area contributed by atoms with E-state index >= 15 is 0 Å². The third kappa shape index (κ3) is 4.42. The van der Waals surface area contributed by atoms with E-state index < -0.39 is 5.97 Å². The second kappa shape index (κ2) is 7.36. The van der Waals surface area contributed by atoms with Crippen LogP contribution in [0.25, 0.3) is 6.08 Å². The number of hydrogen-bond acceptors (Lipinski definition) is 3. The number of ketones is 1. The van der Waals surface area contributed by atoms with Gasteiger partial charge in [0.2, 0.25) is 0 Å². The Labute approximate surface area is 130 Å². The minimum absolute atomic E-state index is 0.0668. The largest absolute Gasteiger partial charge is 0.423 e. The lowest BCUT2D eigenvalue weighted by molar-refractivity contribution is -0.128. The molecule has 2 rings (SSSR count). The van der Waals surface area contributed by atoms with Crippen LogP contribution in [-0.4, -0.2) is 11.8 Å². The molecule has 0 fully saturated rings. The van der Waals surface area contributed by atoms with Gasteiger partial charge in [-0.05, 0) is 42.8 Å². The van der Waals surface area contributed by atoms with Gasteiger partial charge in [-0.15, -0.1) is 0 Å². The minimum atomic E-state index is -0.449. The summed E-state index contributed by atoms with van der Waals surface area (Å²) < 4.78 is 5.19. The normalized spacial score (nSPS) is 10.6. The van der Waals surface area contributed by atoms with Gasteiger partial charge < -0.3 is 4.74 Å². The summed E-state index contributed by atoms with van der Waals surface area (Å²) in [4.78, 5) is 23.3. The fraction of sp³-hybridized carbons (Fsp3) is 0.158. The first-order valence-corrected chi connectivity index (χ1v) is 7.18. The first kappa shape index (κ1) is 15.7. The van der Waals surface area contributed by atoms with Crippen LogP contribution < -0.4 is 4.74 Å². The summed E-state index contributed by atoms with van der Waals surface area (Å²) in [5, 5.41) is 0. The summed E-state index contributed by atoms with van der Waals surface area (Å²) in [7, 11) is 0. The molecule has 0 aliphatic rings. The van der Waals surface area contributed by atoms with Gasteiger partial charge in [-0.1, -0.05) is 36.8 Å². The van der Waals surface area contributed by atoms with Crippen molar-refractivity contribution in [3.05, 3.63) is 71.3 Å². The van der Waals surface area contributed by atoms with Crippen molar-refractivity contribution in [1.29, 1.82) is 0 Å². The summed E-state index contributed by atoms with van der Waals surface area (Å²) >= 11 is 0. The summed E-state index contributed by atoms with van der Waals surface area (Å²) in [6.07, 6.45) is 3.55. The number of aryl methyl sites for hydroxylation is 1. The number of rotatable bonds is 5. The molecule has 0 aliphatic heterocycles. The highest BCUT2D eigenvalue weighted by atomic mass is 16.5. The van der Waals surface area contributed by atoms with Crippen LogP contribution in [0.15, 0.2) is 54.6 Å². The van der Waals surface area contributed by atoms with Gasteiger partial charge in [0.1, 0.15) is 5.75 Å². The number of ether oxygens (including phenoxy) is 1. The molecule has 3 nitrogen and oxygen atoms in total. The molecule has 0 N–H and O–H groups in total. The van der Waals surface area contributed by atoms with E-state index in [1.165, 1.54) is 11.6 Å². The summed E-state index contributed by atoms with van der Waals surface area (Å²) in [5.74, 6) is 0.0403. The van der Waals surface area contributed by atoms with E-state index in [0.29, 0.717) is 17.7 Å². The van der Waals surface area contributed by atoms with Gasteiger partial charge >= 0.3 is 5.97 Å². The Hall–Kier alpha value is -2.68. The third-order valence-electron chi connectivity index (χ3n) is 3.21. The van der Waals surface area contributed by atoms with Gasteiger partial charge in [0.05, 0.1) is 0 Å². The Balaban J connectivity index is 1.97. The van der Waals surface area contributed by atoms with Crippen molar-refractivity contribution in [1.82, 2.24) is 0 Å². The smallest absolute Gasteiger partial charge is 0.336 e. The zero-order valence-electron chi connectivity index (χ0n) is 12.7. The molecule has 0 saturated carbocycles. The third-order valence-corrected chi connectivity index (χ3v) is 3.21. The molecule has 22 heavy (non-hydrogen) atoms. The predicted octanol–water partition coefficient (Wildman–Crippen LogP) is 4.21. The van der Waals surface area contributed by atoms with Crippen LogP contribution in [0.1, 0.15) is 34.8 Å². The lowest BCUT2D eigenvalue weighted by atomic mass is 10.1. The quantitative estimate of drug-likeness (QED) is 0.359. The number of esters is 1. The van der Waals surface area contributed by atoms with Gasteiger partial charge in [-0.3, -0.25) is 4.79 Å². The number of benzene rings is 2. The maximum Gasteiger partial charge on any atom is 0.336 e. The highest BCUT2D eigenvalue weighted by Gasteiger charge is 2.04. The lowest BCUT2D eigenvalue weighted by Gasteiger charge is -2.02. The van der Waals surface area contributed by atoms with Crippen molar-refractivity contribution in [3.63, 3.8) is 0 Å². The number of carbonyl (C=O) groups excluding carboxylic acids is 2. The van der Waals surface area contributed by atoms with Crippen LogP contribution in [0, 0.1) is 6.92 Å². The van der Waals surface area contributed by atoms with Crippen LogP contribution in [0.5, 0.6) is 5.75 Å². The fourth-order valence-electron chi connectivity index (χ4n) is 1.90. The molecule has 0 spiro atoms. The van der Waals surface area contributed by atoms with Crippen LogP contribution in [0.2, 0.25) is 0 Å². The summed E-state index contributed by atoms with van der Waals surface area (Å²) in [5.41, 5.74) is 2.73. The average Bonchev–Trinajstić information content (AvgIpc) is 2.54. The predicted molar refractivity (Wildman–Crippen MR) is 86.9 cm³/mol. The van der Waals surface area contributed by atoms with Crippen molar-refractivity contribution in [2.45, 2.75) is 20.3 Å². The Morgan fingerprint density at radius 3 is 2.23 bits per heavy atom. The molecule has 0 radical (unpaired) electrons. The zero-order chi connectivity index (χ0) is 15.9. The van der Waals surface area contributed by atoms with Crippen LogP contribution in [0.4, 0.5) is 0 Å². The second-order valence-corrected chi connectivity index (χ2v) is 4.97. The Kier molecular flexibility index (Phi) is 5.26. The molecule has 0 aromatic heterocycles. The molecule has 2 aromatic rings. The topological polar surface area (TPSA) is 43.4 Å². The molecule has 3 heteroatoms. The highest BCUT2D eigenvalue weighted by Crippen LogP contribution is 2.14. The maximum absolute atomic E-state index is 11.8. The molecule has 0 amide bonds. The Morgan fingerprint density at radius 1 is 1.00 bits per heavy atom. The van der Waals surface area contributed by atoms with Crippen molar-refractivity contribution in [3.8, 4) is 5.75 Å². The van der Waals surface area contributed by atoms with E-state index in [4.69, 9.17) is 4.74 Å². The molecular weight excluding hydrogens is 276 g/mol. The molecular formula is C19H18O3. The van der Waals surface area contributed by atoms with Crippen molar-refractivity contribution in [2.75, 3.05) is 0 Å². The van der Waals surface area contributed by atoms with Gasteiger partial charge in [-0.2, -0.15) is 0 Å². The Morgan fingerprint density at radius 2 is 1.64 bits per heavy atom. The van der Waals surface area contributed by atoms with Crippen molar-refractivity contribution in [2.24, 2.45) is 0 Å². The maximum atomic E-state index is 11.8. The first-order valence-electron chi connectivity index (χ1n) is 7.18. The van der Waals surface area contributed by atoms with Crippen LogP contribution >= 0.6 is 0 Å². The van der Waals surface area contributed by atoms with Crippen molar-refractivity contribution < 1.29 is 14.3 Å². The van der Waals surface area contributed by atoms with Gasteiger partial charge in [0.25, 0.3) is 0 Å². The van der Waals surface area contributed by atoms with Gasteiger partial charge in [-0.25, -0.2) is 4.79 Å². The Bertz CT molecular complexity index is 680. The van der Waals surface area contributed by atoms with Crippen molar-refractivity contribution >= 4 is 17.8 Å². The van der Waals surface area contributed by atoms with E-state index in [1.54, 1.807) is 30.3 Å². The first-order chi connectivity index (χ1) is 10.6. The van der Waals surface area contributed by atoms with E-state index in [1.807, 2.05) is 38.1 Å². The summed E-state index contributed by atoms with van der Waals surface area (Å²) in [6, 6.07) is 14.4. The molecule has 0 aliphatic carbocycles. The van der Waals surface area contributed by atoms with Gasteiger partial charge in [0, 0.05) is 18.1 Å². The van der Waals surface area contributed by atoms with Crippen LogP contribution in [0.3, 0.4) is 0 Å². The number of Topliss-reactive ketones (excluding diaryl/α,β-unsaturated/α-hetero) is 1. The fourth-order valence-corrected chi connectivity index (χ4v) is 1.90. The average molecular weight is 294 g/mol. The zero-order valence-corrected chi connectivity index (χ0v) is 12.7. The summed E-state index contributed by atoms with van der Waals surface area (Å²) in [6.45, 7) is 3.82. The highest BCUT2D eigenvalue weighted by molar-refractivity contribution is 5.96. The van der Waals surface area contributed by atoms with Gasteiger partial charge in [0.15, 0.2) is 5.78 Å². The SMILES string of the molecule is CCC(=O)c1ccc(OC(=O)C=Cc2ccc(C)cc2)cc1. The molecule has 0 unspecified atom stereocenters. The van der Waals surface area contributed by atoms with Crippen LogP contribution in [-0.2, 0) is 4.79 Å². The van der Waals surface area contributed by atoms with E-state index in [-0.39, 0.29) is 5.78 Å². The molecule has 0 heterocycles. The van der Waals surface area contributed by atoms with E-state index in [9.17, 15) is 9.59 Å². The molecule has 0 atom stereocenters. The monoisotopic (exact) mass is 294 g/mol.